The predicted molar refractivity (Wildman–Crippen MR) is 112 cm³/mol. The molecule has 2 N–H and O–H groups in total. The van der Waals surface area contributed by atoms with Gasteiger partial charge in [0, 0.05) is 24.1 Å². The first-order chi connectivity index (χ1) is 15.2. The minimum atomic E-state index is -1.10. The van der Waals surface area contributed by atoms with Crippen molar-refractivity contribution in [3.63, 3.8) is 0 Å². The molecule has 0 spiro atoms. The third kappa shape index (κ3) is 7.33. The van der Waals surface area contributed by atoms with E-state index in [0.29, 0.717) is 5.56 Å². The maximum atomic E-state index is 14.0. The van der Waals surface area contributed by atoms with Crippen LogP contribution in [0.3, 0.4) is 0 Å². The van der Waals surface area contributed by atoms with E-state index in [1.165, 1.54) is 13.2 Å². The molecular formula is C23H25F2NO6. The quantitative estimate of drug-likeness (QED) is 0.510. The molecule has 9 heteroatoms. The summed E-state index contributed by atoms with van der Waals surface area (Å²) in [5.41, 5.74) is 1.52. The number of carboxylic acid groups (broad SMARTS) is 1. The molecule has 0 aromatic heterocycles. The average Bonchev–Trinajstić information content (AvgIpc) is 2.72. The molecule has 0 aliphatic heterocycles. The first kappa shape index (κ1) is 24.8. The van der Waals surface area contributed by atoms with Crippen molar-refractivity contribution >= 4 is 17.8 Å². The largest absolute Gasteiger partial charge is 0.493 e. The fourth-order valence-corrected chi connectivity index (χ4v) is 3.20. The summed E-state index contributed by atoms with van der Waals surface area (Å²) >= 11 is 0. The van der Waals surface area contributed by atoms with Gasteiger partial charge in [-0.15, -0.1) is 0 Å². The van der Waals surface area contributed by atoms with Gasteiger partial charge in [-0.2, -0.15) is 0 Å². The Kier molecular flexibility index (Phi) is 9.12. The molecular weight excluding hydrogens is 424 g/mol. The van der Waals surface area contributed by atoms with Gasteiger partial charge in [-0.3, -0.25) is 14.4 Å². The molecule has 0 saturated heterocycles. The minimum absolute atomic E-state index is 0.0787. The van der Waals surface area contributed by atoms with Crippen LogP contribution in [0.4, 0.5) is 8.78 Å². The van der Waals surface area contributed by atoms with E-state index in [0.717, 1.165) is 11.6 Å². The van der Waals surface area contributed by atoms with Crippen molar-refractivity contribution < 1.29 is 37.7 Å². The molecule has 0 unspecified atom stereocenters. The number of aliphatic carboxylic acids is 1. The number of amides is 1. The van der Waals surface area contributed by atoms with Crippen LogP contribution in [-0.4, -0.2) is 42.7 Å². The number of ether oxygens (including phenoxy) is 2. The highest BCUT2D eigenvalue weighted by Gasteiger charge is 2.19. The summed E-state index contributed by atoms with van der Waals surface area (Å²) in [4.78, 5) is 34.6. The lowest BCUT2D eigenvalue weighted by Crippen LogP contribution is -2.38. The Balaban J connectivity index is 2.18. The first-order valence-electron chi connectivity index (χ1n) is 10.0. The van der Waals surface area contributed by atoms with E-state index in [1.54, 1.807) is 31.2 Å². The number of hydrogen-bond acceptors (Lipinski definition) is 5. The molecule has 0 saturated carbocycles. The van der Waals surface area contributed by atoms with E-state index < -0.39 is 35.5 Å². The number of carbonyl (C=O) groups excluding carboxylic acids is 2. The lowest BCUT2D eigenvalue weighted by atomic mass is 9.98. The highest BCUT2D eigenvalue weighted by atomic mass is 19.1. The smallest absolute Gasteiger partial charge is 0.307 e. The fraction of sp³-hybridized carbons (Fsp3) is 0.348. The summed E-state index contributed by atoms with van der Waals surface area (Å²) < 4.78 is 37.7. The summed E-state index contributed by atoms with van der Waals surface area (Å²) in [6.07, 6.45) is -0.346. The van der Waals surface area contributed by atoms with Gasteiger partial charge in [0.25, 0.3) is 0 Å². The fourth-order valence-electron chi connectivity index (χ4n) is 3.20. The van der Waals surface area contributed by atoms with Crippen molar-refractivity contribution in [1.29, 1.82) is 0 Å². The van der Waals surface area contributed by atoms with Gasteiger partial charge in [0.1, 0.15) is 5.82 Å². The van der Waals surface area contributed by atoms with Crippen molar-refractivity contribution in [1.82, 2.24) is 5.32 Å². The summed E-state index contributed by atoms with van der Waals surface area (Å²) in [6, 6.07) is 8.02. The van der Waals surface area contributed by atoms with Crippen LogP contribution in [0.2, 0.25) is 0 Å². The molecule has 172 valence electrons. The highest BCUT2D eigenvalue weighted by molar-refractivity contribution is 5.81. The van der Waals surface area contributed by atoms with Gasteiger partial charge in [0.2, 0.25) is 5.91 Å². The first-order valence-corrected chi connectivity index (χ1v) is 10.0. The van der Waals surface area contributed by atoms with Crippen LogP contribution >= 0.6 is 0 Å². The number of rotatable bonds is 11. The van der Waals surface area contributed by atoms with Gasteiger partial charge in [-0.25, -0.2) is 8.78 Å². The second-order valence-electron chi connectivity index (χ2n) is 7.04. The Labute approximate surface area is 184 Å². The van der Waals surface area contributed by atoms with Gasteiger partial charge in [-0.05, 0) is 30.5 Å². The standard InChI is InChI=1S/C23H25F2NO6/c1-3-32-22(30)13-17(26-20(27)8-9-21(28)29)10-14-4-6-15(7-5-14)18-11-16(24)12-19(25)23(18)31-2/h4-7,11-12,17H,3,8-10,13H2,1-2H3,(H,26,27)(H,28,29)/t17-/m1/s1. The summed E-state index contributed by atoms with van der Waals surface area (Å²) in [5, 5.41) is 11.4. The molecule has 2 rings (SSSR count). The molecule has 0 bridgehead atoms. The molecule has 2 aromatic carbocycles. The van der Waals surface area contributed by atoms with Crippen LogP contribution in [0.25, 0.3) is 11.1 Å². The summed E-state index contributed by atoms with van der Waals surface area (Å²) in [6.45, 7) is 1.86. The van der Waals surface area contributed by atoms with Gasteiger partial charge in [0.15, 0.2) is 11.6 Å². The second kappa shape index (κ2) is 11.8. The van der Waals surface area contributed by atoms with Gasteiger partial charge in [-0.1, -0.05) is 24.3 Å². The van der Waals surface area contributed by atoms with Crippen LogP contribution in [0.5, 0.6) is 5.75 Å². The van der Waals surface area contributed by atoms with Crippen LogP contribution in [0, 0.1) is 11.6 Å². The number of benzene rings is 2. The Morgan fingerprint density at radius 1 is 1.09 bits per heavy atom. The molecule has 0 aliphatic rings. The maximum absolute atomic E-state index is 14.0. The molecule has 0 fully saturated rings. The van der Waals surface area contributed by atoms with Gasteiger partial charge in [0.05, 0.1) is 26.6 Å². The van der Waals surface area contributed by atoms with Gasteiger partial charge >= 0.3 is 11.9 Å². The number of hydrogen-bond donors (Lipinski definition) is 2. The molecule has 0 radical (unpaired) electrons. The zero-order valence-electron chi connectivity index (χ0n) is 17.8. The van der Waals surface area contributed by atoms with Crippen molar-refractivity contribution in [3.8, 4) is 16.9 Å². The number of esters is 1. The van der Waals surface area contributed by atoms with E-state index in [1.807, 2.05) is 0 Å². The highest BCUT2D eigenvalue weighted by Crippen LogP contribution is 2.33. The lowest BCUT2D eigenvalue weighted by Gasteiger charge is -2.18. The van der Waals surface area contributed by atoms with E-state index in [-0.39, 0.29) is 43.6 Å². The molecule has 32 heavy (non-hydrogen) atoms. The Morgan fingerprint density at radius 2 is 1.78 bits per heavy atom. The molecule has 1 atom stereocenters. The number of methoxy groups -OCH3 is 1. The third-order valence-corrected chi connectivity index (χ3v) is 4.61. The van der Waals surface area contributed by atoms with Gasteiger partial charge < -0.3 is 19.9 Å². The minimum Gasteiger partial charge on any atom is -0.493 e. The van der Waals surface area contributed by atoms with E-state index in [2.05, 4.69) is 5.32 Å². The SMILES string of the molecule is CCOC(=O)C[C@@H](Cc1ccc(-c2cc(F)cc(F)c2OC)cc1)NC(=O)CCC(=O)O. The molecule has 0 heterocycles. The van der Waals surface area contributed by atoms with Crippen LogP contribution in [-0.2, 0) is 25.5 Å². The zero-order valence-corrected chi connectivity index (χ0v) is 17.8. The lowest BCUT2D eigenvalue weighted by molar-refractivity contribution is -0.144. The Morgan fingerprint density at radius 3 is 2.38 bits per heavy atom. The van der Waals surface area contributed by atoms with Crippen LogP contribution in [0.15, 0.2) is 36.4 Å². The monoisotopic (exact) mass is 449 g/mol. The Hall–Kier alpha value is -3.49. The molecule has 1 amide bonds. The van der Waals surface area contributed by atoms with E-state index in [9.17, 15) is 23.2 Å². The van der Waals surface area contributed by atoms with Crippen molar-refractivity contribution in [2.45, 2.75) is 38.6 Å². The number of carbonyl (C=O) groups is 3. The van der Waals surface area contributed by atoms with Crippen molar-refractivity contribution in [2.24, 2.45) is 0 Å². The predicted octanol–water partition coefficient (Wildman–Crippen LogP) is 3.49. The zero-order chi connectivity index (χ0) is 23.7. The number of nitrogens with one attached hydrogen (secondary N) is 1. The van der Waals surface area contributed by atoms with E-state index in [4.69, 9.17) is 14.6 Å². The molecule has 7 nitrogen and oxygen atoms in total. The van der Waals surface area contributed by atoms with Crippen LogP contribution in [0.1, 0.15) is 31.7 Å². The average molecular weight is 449 g/mol. The topological polar surface area (TPSA) is 102 Å². The molecule has 0 aliphatic carbocycles. The van der Waals surface area contributed by atoms with Crippen molar-refractivity contribution in [2.75, 3.05) is 13.7 Å². The summed E-state index contributed by atoms with van der Waals surface area (Å²) in [5.74, 6) is -3.70. The van der Waals surface area contributed by atoms with Crippen LogP contribution < -0.4 is 10.1 Å². The second-order valence-corrected chi connectivity index (χ2v) is 7.04. The summed E-state index contributed by atoms with van der Waals surface area (Å²) in [7, 11) is 1.29. The number of halogens is 2. The Bertz CT molecular complexity index is 962. The van der Waals surface area contributed by atoms with E-state index >= 15 is 0 Å². The third-order valence-electron chi connectivity index (χ3n) is 4.61. The number of carboxylic acids is 1. The van der Waals surface area contributed by atoms with Crippen molar-refractivity contribution in [3.05, 3.63) is 53.6 Å². The molecule has 2 aromatic rings. The maximum Gasteiger partial charge on any atom is 0.307 e. The normalized spacial score (nSPS) is 11.5.